The molecule has 0 unspecified atom stereocenters. The lowest BCUT2D eigenvalue weighted by atomic mass is 10.0. The number of nitrogens with zero attached hydrogens (tertiary/aromatic N) is 1. The summed E-state index contributed by atoms with van der Waals surface area (Å²) in [5, 5.41) is 10.3. The minimum Gasteiger partial charge on any atom is -0.508 e. The molecule has 3 nitrogen and oxygen atoms in total. The molecule has 0 aliphatic heterocycles. The average molecular weight is 251 g/mol. The average Bonchev–Trinajstić information content (AvgIpc) is 2.44. The topological polar surface area (TPSA) is 42.2 Å². The molecule has 1 aromatic heterocycles. The molecule has 0 aliphatic rings. The van der Waals surface area contributed by atoms with Crippen molar-refractivity contribution in [2.45, 2.75) is 0 Å². The van der Waals surface area contributed by atoms with Gasteiger partial charge >= 0.3 is 0 Å². The van der Waals surface area contributed by atoms with Gasteiger partial charge in [0.2, 0.25) is 0 Å². The predicted octanol–water partition coefficient (Wildman–Crippen LogP) is 2.91. The second kappa shape index (κ2) is 4.28. The second-order valence-electron chi connectivity index (χ2n) is 4.53. The molecule has 0 radical (unpaired) electrons. The largest absolute Gasteiger partial charge is 0.508 e. The van der Waals surface area contributed by atoms with Gasteiger partial charge in [-0.25, -0.2) is 0 Å². The Morgan fingerprint density at radius 3 is 2.42 bits per heavy atom. The molecule has 0 bridgehead atoms. The van der Waals surface area contributed by atoms with E-state index in [2.05, 4.69) is 0 Å². The molecular formula is C16H13NO2. The van der Waals surface area contributed by atoms with Crippen LogP contribution in [0.4, 0.5) is 0 Å². The van der Waals surface area contributed by atoms with Crippen molar-refractivity contribution in [3.63, 3.8) is 0 Å². The number of aromatic nitrogens is 1. The first-order chi connectivity index (χ1) is 9.16. The Labute approximate surface area is 110 Å². The Kier molecular flexibility index (Phi) is 2.60. The highest BCUT2D eigenvalue weighted by molar-refractivity contribution is 5.84. The lowest BCUT2D eigenvalue weighted by Crippen LogP contribution is -2.18. The van der Waals surface area contributed by atoms with E-state index in [0.717, 1.165) is 16.5 Å². The van der Waals surface area contributed by atoms with Crippen LogP contribution in [0.2, 0.25) is 0 Å². The van der Waals surface area contributed by atoms with E-state index in [1.807, 2.05) is 30.3 Å². The zero-order valence-corrected chi connectivity index (χ0v) is 10.5. The Morgan fingerprint density at radius 2 is 1.68 bits per heavy atom. The molecule has 3 heteroatoms. The van der Waals surface area contributed by atoms with Gasteiger partial charge in [0.15, 0.2) is 0 Å². The fourth-order valence-electron chi connectivity index (χ4n) is 2.27. The van der Waals surface area contributed by atoms with Crippen molar-refractivity contribution in [3.8, 4) is 16.9 Å². The Balaban J connectivity index is 2.33. The molecule has 0 spiro atoms. The lowest BCUT2D eigenvalue weighted by Gasteiger charge is -2.08. The molecule has 0 saturated heterocycles. The van der Waals surface area contributed by atoms with E-state index in [4.69, 9.17) is 0 Å². The van der Waals surface area contributed by atoms with E-state index < -0.39 is 0 Å². The summed E-state index contributed by atoms with van der Waals surface area (Å²) in [6.07, 6.45) is 0. The SMILES string of the molecule is Cn1c(=O)c(-c2ccc(O)cc2)cc2ccccc21. The number of hydrogen-bond donors (Lipinski definition) is 1. The molecule has 19 heavy (non-hydrogen) atoms. The number of aromatic hydroxyl groups is 1. The normalized spacial score (nSPS) is 10.8. The van der Waals surface area contributed by atoms with Gasteiger partial charge in [-0.15, -0.1) is 0 Å². The van der Waals surface area contributed by atoms with E-state index in [-0.39, 0.29) is 11.3 Å². The van der Waals surface area contributed by atoms with Gasteiger partial charge in [0.25, 0.3) is 5.56 Å². The molecule has 3 rings (SSSR count). The van der Waals surface area contributed by atoms with Crippen molar-refractivity contribution in [3.05, 3.63) is 65.0 Å². The molecule has 1 N–H and O–H groups in total. The third kappa shape index (κ3) is 1.89. The Hall–Kier alpha value is -2.55. The number of para-hydroxylation sites is 1. The van der Waals surface area contributed by atoms with Crippen LogP contribution in [-0.2, 0) is 7.05 Å². The van der Waals surface area contributed by atoms with Crippen molar-refractivity contribution >= 4 is 10.9 Å². The van der Waals surface area contributed by atoms with Gasteiger partial charge in [-0.3, -0.25) is 4.79 Å². The number of rotatable bonds is 1. The number of fused-ring (bicyclic) bond motifs is 1. The summed E-state index contributed by atoms with van der Waals surface area (Å²) < 4.78 is 1.65. The molecule has 2 aromatic carbocycles. The standard InChI is InChI=1S/C16H13NO2/c1-17-15-5-3-2-4-12(15)10-14(16(17)19)11-6-8-13(18)9-7-11/h2-10,18H,1H3. The van der Waals surface area contributed by atoms with Gasteiger partial charge in [0, 0.05) is 12.6 Å². The van der Waals surface area contributed by atoms with Crippen molar-refractivity contribution < 1.29 is 5.11 Å². The maximum atomic E-state index is 12.4. The summed E-state index contributed by atoms with van der Waals surface area (Å²) in [4.78, 5) is 12.4. The zero-order chi connectivity index (χ0) is 13.4. The fraction of sp³-hybridized carbons (Fsp3) is 0.0625. The smallest absolute Gasteiger partial charge is 0.258 e. The highest BCUT2D eigenvalue weighted by Gasteiger charge is 2.08. The molecule has 94 valence electrons. The third-order valence-electron chi connectivity index (χ3n) is 3.31. The first kappa shape index (κ1) is 11.5. The molecule has 0 fully saturated rings. The molecule has 0 saturated carbocycles. The van der Waals surface area contributed by atoms with E-state index in [1.54, 1.807) is 35.9 Å². The molecule has 0 atom stereocenters. The van der Waals surface area contributed by atoms with Gasteiger partial charge in [-0.1, -0.05) is 30.3 Å². The summed E-state index contributed by atoms with van der Waals surface area (Å²) in [5.74, 6) is 0.196. The van der Waals surface area contributed by atoms with Crippen LogP contribution in [0, 0.1) is 0 Å². The Morgan fingerprint density at radius 1 is 1.00 bits per heavy atom. The summed E-state index contributed by atoms with van der Waals surface area (Å²) in [6, 6.07) is 16.4. The third-order valence-corrected chi connectivity index (χ3v) is 3.31. The predicted molar refractivity (Wildman–Crippen MR) is 76.3 cm³/mol. The van der Waals surface area contributed by atoms with Gasteiger partial charge in [-0.2, -0.15) is 0 Å². The summed E-state index contributed by atoms with van der Waals surface area (Å²) >= 11 is 0. The fourth-order valence-corrected chi connectivity index (χ4v) is 2.27. The van der Waals surface area contributed by atoms with Crippen LogP contribution in [0.25, 0.3) is 22.0 Å². The minimum absolute atomic E-state index is 0.0376. The number of phenolic OH excluding ortho intramolecular Hbond substituents is 1. The van der Waals surface area contributed by atoms with Crippen LogP contribution in [-0.4, -0.2) is 9.67 Å². The summed E-state index contributed by atoms with van der Waals surface area (Å²) in [6.45, 7) is 0. The van der Waals surface area contributed by atoms with E-state index in [9.17, 15) is 9.90 Å². The van der Waals surface area contributed by atoms with Gasteiger partial charge in [0.05, 0.1) is 5.52 Å². The first-order valence-electron chi connectivity index (χ1n) is 6.05. The number of hydrogen-bond acceptors (Lipinski definition) is 2. The summed E-state index contributed by atoms with van der Waals surface area (Å²) in [5.41, 5.74) is 2.32. The highest BCUT2D eigenvalue weighted by Crippen LogP contribution is 2.22. The maximum Gasteiger partial charge on any atom is 0.258 e. The zero-order valence-electron chi connectivity index (χ0n) is 10.5. The second-order valence-corrected chi connectivity index (χ2v) is 4.53. The van der Waals surface area contributed by atoms with Crippen LogP contribution >= 0.6 is 0 Å². The quantitative estimate of drug-likeness (QED) is 0.722. The molecule has 3 aromatic rings. The van der Waals surface area contributed by atoms with Crippen molar-refractivity contribution in [2.24, 2.45) is 7.05 Å². The first-order valence-corrected chi connectivity index (χ1v) is 6.05. The maximum absolute atomic E-state index is 12.4. The van der Waals surface area contributed by atoms with Crippen LogP contribution in [0.15, 0.2) is 59.4 Å². The molecule has 0 aliphatic carbocycles. The monoisotopic (exact) mass is 251 g/mol. The van der Waals surface area contributed by atoms with E-state index >= 15 is 0 Å². The number of aryl methyl sites for hydroxylation is 1. The molecular weight excluding hydrogens is 238 g/mol. The molecule has 0 amide bonds. The van der Waals surface area contributed by atoms with Gasteiger partial charge in [0.1, 0.15) is 5.75 Å². The Bertz CT molecular complexity index is 801. The van der Waals surface area contributed by atoms with E-state index in [1.165, 1.54) is 0 Å². The summed E-state index contributed by atoms with van der Waals surface area (Å²) in [7, 11) is 1.77. The lowest BCUT2D eigenvalue weighted by molar-refractivity contribution is 0.475. The van der Waals surface area contributed by atoms with Crippen molar-refractivity contribution in [1.82, 2.24) is 4.57 Å². The number of phenols is 1. The van der Waals surface area contributed by atoms with Gasteiger partial charge < -0.3 is 9.67 Å². The van der Waals surface area contributed by atoms with Crippen LogP contribution in [0.3, 0.4) is 0 Å². The van der Waals surface area contributed by atoms with Crippen LogP contribution in [0.5, 0.6) is 5.75 Å². The highest BCUT2D eigenvalue weighted by atomic mass is 16.3. The van der Waals surface area contributed by atoms with Gasteiger partial charge in [-0.05, 0) is 35.2 Å². The minimum atomic E-state index is -0.0376. The number of pyridine rings is 1. The molecule has 1 heterocycles. The van der Waals surface area contributed by atoms with Crippen molar-refractivity contribution in [1.29, 1.82) is 0 Å². The van der Waals surface area contributed by atoms with Crippen LogP contribution < -0.4 is 5.56 Å². The van der Waals surface area contributed by atoms with Crippen LogP contribution in [0.1, 0.15) is 0 Å². The van der Waals surface area contributed by atoms with E-state index in [0.29, 0.717) is 5.56 Å². The number of benzene rings is 2. The van der Waals surface area contributed by atoms with Crippen molar-refractivity contribution in [2.75, 3.05) is 0 Å².